The van der Waals surface area contributed by atoms with Crippen LogP contribution in [0, 0.1) is 5.92 Å². The van der Waals surface area contributed by atoms with Gasteiger partial charge in [-0.2, -0.15) is 0 Å². The molecule has 2 rings (SSSR count). The lowest BCUT2D eigenvalue weighted by Crippen LogP contribution is -2.45. The summed E-state index contributed by atoms with van der Waals surface area (Å²) in [4.78, 5) is 13.7. The van der Waals surface area contributed by atoms with Crippen molar-refractivity contribution in [3.05, 3.63) is 0 Å². The Hall–Kier alpha value is -0.610. The van der Waals surface area contributed by atoms with Crippen LogP contribution in [0.2, 0.25) is 0 Å². The molecule has 0 aromatic rings. The number of hydrogen-bond acceptors (Lipinski definition) is 3. The van der Waals surface area contributed by atoms with Gasteiger partial charge in [-0.15, -0.1) is 0 Å². The van der Waals surface area contributed by atoms with Crippen LogP contribution in [0.4, 0.5) is 0 Å². The van der Waals surface area contributed by atoms with Gasteiger partial charge in [0.25, 0.3) is 0 Å². The molecule has 0 bridgehead atoms. The largest absolute Gasteiger partial charge is 0.384 e. The Bertz CT molecular complexity index is 246. The first-order chi connectivity index (χ1) is 8.29. The standard InChI is InChI=1S/C13H24N2O2/c1-17-9-6-13(16)15-7-4-12(5-8-15)14-10-11-2-3-11/h11-12,14H,2-10H2,1H3. The van der Waals surface area contributed by atoms with Gasteiger partial charge in [0, 0.05) is 26.2 Å². The average molecular weight is 240 g/mol. The summed E-state index contributed by atoms with van der Waals surface area (Å²) in [5, 5.41) is 3.62. The number of likely N-dealkylation sites (tertiary alicyclic amines) is 1. The molecule has 0 aromatic carbocycles. The summed E-state index contributed by atoms with van der Waals surface area (Å²) < 4.78 is 4.94. The molecule has 1 aliphatic heterocycles. The Kier molecular flexibility index (Phi) is 4.80. The number of nitrogens with zero attached hydrogens (tertiary/aromatic N) is 1. The maximum absolute atomic E-state index is 11.8. The third-order valence-corrected chi connectivity index (χ3v) is 3.76. The number of rotatable bonds is 6. The summed E-state index contributed by atoms with van der Waals surface area (Å²) in [5.74, 6) is 1.18. The van der Waals surface area contributed by atoms with E-state index in [2.05, 4.69) is 5.32 Å². The van der Waals surface area contributed by atoms with E-state index in [4.69, 9.17) is 4.74 Å². The molecular formula is C13H24N2O2. The molecule has 1 saturated carbocycles. The molecule has 1 aliphatic carbocycles. The first-order valence-corrected chi connectivity index (χ1v) is 6.79. The number of amides is 1. The van der Waals surface area contributed by atoms with Gasteiger partial charge < -0.3 is 15.0 Å². The van der Waals surface area contributed by atoms with E-state index in [1.807, 2.05) is 4.90 Å². The van der Waals surface area contributed by atoms with Gasteiger partial charge in [0.05, 0.1) is 13.0 Å². The summed E-state index contributed by atoms with van der Waals surface area (Å²) in [6, 6.07) is 0.627. The van der Waals surface area contributed by atoms with Crippen LogP contribution in [0.15, 0.2) is 0 Å². The average Bonchev–Trinajstić information content (AvgIpc) is 3.18. The van der Waals surface area contributed by atoms with Crippen molar-refractivity contribution in [1.29, 1.82) is 0 Å². The van der Waals surface area contributed by atoms with Crippen LogP contribution in [-0.2, 0) is 9.53 Å². The molecule has 0 aromatic heterocycles. The van der Waals surface area contributed by atoms with Crippen LogP contribution >= 0.6 is 0 Å². The zero-order valence-corrected chi connectivity index (χ0v) is 10.8. The van der Waals surface area contributed by atoms with E-state index >= 15 is 0 Å². The Morgan fingerprint density at radius 2 is 2.00 bits per heavy atom. The SMILES string of the molecule is COCCC(=O)N1CCC(NCC2CC2)CC1. The predicted octanol–water partition coefficient (Wildman–Crippen LogP) is 1.01. The zero-order valence-electron chi connectivity index (χ0n) is 10.8. The lowest BCUT2D eigenvalue weighted by atomic mass is 10.0. The number of methoxy groups -OCH3 is 1. The second kappa shape index (κ2) is 6.36. The van der Waals surface area contributed by atoms with Gasteiger partial charge in [0.2, 0.25) is 5.91 Å². The van der Waals surface area contributed by atoms with Crippen LogP contribution in [0.1, 0.15) is 32.1 Å². The second-order valence-corrected chi connectivity index (χ2v) is 5.25. The normalized spacial score (nSPS) is 21.8. The molecule has 1 amide bonds. The lowest BCUT2D eigenvalue weighted by Gasteiger charge is -2.32. The maximum atomic E-state index is 11.8. The quantitative estimate of drug-likeness (QED) is 0.753. The molecule has 1 heterocycles. The number of carbonyl (C=O) groups is 1. The first kappa shape index (κ1) is 12.8. The molecule has 2 fully saturated rings. The van der Waals surface area contributed by atoms with Crippen molar-refractivity contribution >= 4 is 5.91 Å². The molecule has 0 radical (unpaired) electrons. The fourth-order valence-electron chi connectivity index (χ4n) is 2.34. The Labute approximate surface area is 104 Å². The minimum Gasteiger partial charge on any atom is -0.384 e. The minimum absolute atomic E-state index is 0.243. The van der Waals surface area contributed by atoms with Crippen molar-refractivity contribution in [2.24, 2.45) is 5.92 Å². The highest BCUT2D eigenvalue weighted by Crippen LogP contribution is 2.28. The summed E-state index contributed by atoms with van der Waals surface area (Å²) in [6.45, 7) is 3.54. The second-order valence-electron chi connectivity index (χ2n) is 5.25. The number of carbonyl (C=O) groups excluding carboxylic acids is 1. The number of hydrogen-bond donors (Lipinski definition) is 1. The third kappa shape index (κ3) is 4.28. The van der Waals surface area contributed by atoms with Crippen LogP contribution in [0.5, 0.6) is 0 Å². The highest BCUT2D eigenvalue weighted by Gasteiger charge is 2.25. The number of nitrogens with one attached hydrogen (secondary N) is 1. The fraction of sp³-hybridized carbons (Fsp3) is 0.923. The Balaban J connectivity index is 1.60. The predicted molar refractivity (Wildman–Crippen MR) is 66.8 cm³/mol. The van der Waals surface area contributed by atoms with Crippen LogP contribution in [0.25, 0.3) is 0 Å². The molecular weight excluding hydrogens is 216 g/mol. The summed E-state index contributed by atoms with van der Waals surface area (Å²) in [5.41, 5.74) is 0. The summed E-state index contributed by atoms with van der Waals surface area (Å²) in [6.07, 6.45) is 5.54. The van der Waals surface area contributed by atoms with Gasteiger partial charge in [-0.25, -0.2) is 0 Å². The van der Waals surface area contributed by atoms with E-state index < -0.39 is 0 Å². The minimum atomic E-state index is 0.243. The molecule has 4 nitrogen and oxygen atoms in total. The zero-order chi connectivity index (χ0) is 12.1. The molecule has 1 saturated heterocycles. The van der Waals surface area contributed by atoms with Gasteiger partial charge in [0.15, 0.2) is 0 Å². The monoisotopic (exact) mass is 240 g/mol. The maximum Gasteiger partial charge on any atom is 0.224 e. The summed E-state index contributed by atoms with van der Waals surface area (Å²) >= 11 is 0. The Morgan fingerprint density at radius 1 is 1.29 bits per heavy atom. The lowest BCUT2D eigenvalue weighted by molar-refractivity contribution is -0.133. The van der Waals surface area contributed by atoms with Gasteiger partial charge >= 0.3 is 0 Å². The van der Waals surface area contributed by atoms with Crippen molar-refractivity contribution in [2.75, 3.05) is 33.4 Å². The van der Waals surface area contributed by atoms with Crippen molar-refractivity contribution in [1.82, 2.24) is 10.2 Å². The summed E-state index contributed by atoms with van der Waals surface area (Å²) in [7, 11) is 1.64. The van der Waals surface area contributed by atoms with Crippen LogP contribution in [-0.4, -0.2) is 50.2 Å². The molecule has 17 heavy (non-hydrogen) atoms. The van der Waals surface area contributed by atoms with Crippen molar-refractivity contribution in [2.45, 2.75) is 38.1 Å². The van der Waals surface area contributed by atoms with E-state index in [1.54, 1.807) is 7.11 Å². The van der Waals surface area contributed by atoms with Gasteiger partial charge in [-0.05, 0) is 38.1 Å². The topological polar surface area (TPSA) is 41.6 Å². The van der Waals surface area contributed by atoms with Gasteiger partial charge in [-0.3, -0.25) is 4.79 Å². The van der Waals surface area contributed by atoms with E-state index in [-0.39, 0.29) is 5.91 Å². The molecule has 2 aliphatic rings. The van der Waals surface area contributed by atoms with Gasteiger partial charge in [-0.1, -0.05) is 0 Å². The molecule has 0 spiro atoms. The molecule has 4 heteroatoms. The molecule has 0 unspecified atom stereocenters. The number of piperidine rings is 1. The highest BCUT2D eigenvalue weighted by molar-refractivity contribution is 5.76. The van der Waals surface area contributed by atoms with E-state index in [1.165, 1.54) is 19.4 Å². The third-order valence-electron chi connectivity index (χ3n) is 3.76. The van der Waals surface area contributed by atoms with Crippen LogP contribution in [0.3, 0.4) is 0 Å². The molecule has 98 valence electrons. The number of ether oxygens (including phenoxy) is 1. The van der Waals surface area contributed by atoms with E-state index in [9.17, 15) is 4.79 Å². The fourth-order valence-corrected chi connectivity index (χ4v) is 2.34. The first-order valence-electron chi connectivity index (χ1n) is 6.79. The van der Waals surface area contributed by atoms with Crippen molar-refractivity contribution in [3.63, 3.8) is 0 Å². The smallest absolute Gasteiger partial charge is 0.224 e. The van der Waals surface area contributed by atoms with Crippen molar-refractivity contribution in [3.8, 4) is 0 Å². The Morgan fingerprint density at radius 3 is 2.59 bits per heavy atom. The molecule has 0 atom stereocenters. The van der Waals surface area contributed by atoms with E-state index in [0.717, 1.165) is 31.8 Å². The highest BCUT2D eigenvalue weighted by atomic mass is 16.5. The van der Waals surface area contributed by atoms with E-state index in [0.29, 0.717) is 19.1 Å². The van der Waals surface area contributed by atoms with Gasteiger partial charge in [0.1, 0.15) is 0 Å². The van der Waals surface area contributed by atoms with Crippen LogP contribution < -0.4 is 5.32 Å². The molecule has 1 N–H and O–H groups in total. The van der Waals surface area contributed by atoms with Crippen molar-refractivity contribution < 1.29 is 9.53 Å².